The maximum Gasteiger partial charge on any atom is 0.355 e. The number of carboxylic acid groups (broad SMARTS) is 1. The maximum absolute atomic E-state index is 13.3. The highest BCUT2D eigenvalue weighted by molar-refractivity contribution is 7.09. The minimum atomic E-state index is -1.11. The van der Waals surface area contributed by atoms with Crippen LogP contribution in [0.15, 0.2) is 23.6 Å². The Kier molecular flexibility index (Phi) is 5.27. The number of amides is 2. The number of carbonyl (C=O) groups excluding carboxylic acids is 2. The van der Waals surface area contributed by atoms with E-state index in [0.717, 1.165) is 16.9 Å². The van der Waals surface area contributed by atoms with Crippen molar-refractivity contribution in [1.82, 2.24) is 10.3 Å². The Bertz CT molecular complexity index is 867. The topological polar surface area (TPSA) is 99.6 Å². The van der Waals surface area contributed by atoms with Gasteiger partial charge in [0.2, 0.25) is 11.8 Å². The number of anilines is 1. The van der Waals surface area contributed by atoms with Crippen LogP contribution < -0.4 is 10.2 Å². The summed E-state index contributed by atoms with van der Waals surface area (Å²) in [4.78, 5) is 40.3. The summed E-state index contributed by atoms with van der Waals surface area (Å²) in [5.74, 6) is -1.83. The van der Waals surface area contributed by atoms with Gasteiger partial charge in [0.15, 0.2) is 5.69 Å². The molecular formula is C17H16FN3O4S. The van der Waals surface area contributed by atoms with Crippen molar-refractivity contribution in [2.75, 3.05) is 11.4 Å². The molecule has 9 heteroatoms. The van der Waals surface area contributed by atoms with Crippen molar-refractivity contribution in [3.8, 4) is 0 Å². The quantitative estimate of drug-likeness (QED) is 0.802. The van der Waals surface area contributed by atoms with E-state index >= 15 is 0 Å². The largest absolute Gasteiger partial charge is 0.476 e. The van der Waals surface area contributed by atoms with E-state index in [1.807, 2.05) is 0 Å². The molecule has 2 amide bonds. The number of nitrogens with one attached hydrogen (secondary N) is 1. The molecule has 0 bridgehead atoms. The Morgan fingerprint density at radius 2 is 2.15 bits per heavy atom. The van der Waals surface area contributed by atoms with Crippen molar-refractivity contribution in [2.45, 2.75) is 25.8 Å². The Morgan fingerprint density at radius 3 is 2.88 bits per heavy atom. The van der Waals surface area contributed by atoms with Gasteiger partial charge in [0.05, 0.1) is 6.54 Å². The predicted molar refractivity (Wildman–Crippen MR) is 92.6 cm³/mol. The predicted octanol–water partition coefficient (Wildman–Crippen LogP) is 1.97. The second-order valence-electron chi connectivity index (χ2n) is 5.78. The van der Waals surface area contributed by atoms with Crippen LogP contribution in [0.2, 0.25) is 0 Å². The molecule has 1 aliphatic rings. The minimum absolute atomic E-state index is 0.0537. The lowest BCUT2D eigenvalue weighted by atomic mass is 10.0. The van der Waals surface area contributed by atoms with Crippen molar-refractivity contribution < 1.29 is 23.9 Å². The standard InChI is InChI=1S/C17H16FN3O4S/c18-11-2-3-13-10(7-11)1-4-16(23)21(13)6-5-14(22)19-8-15-20-12(9-26-15)17(24)25/h2-3,7,9H,1,4-6,8H2,(H,19,22)(H,24,25). The zero-order valence-corrected chi connectivity index (χ0v) is 14.5. The number of hydrogen-bond acceptors (Lipinski definition) is 5. The summed E-state index contributed by atoms with van der Waals surface area (Å²) in [6, 6.07) is 4.27. The molecule has 0 radical (unpaired) electrons. The molecular weight excluding hydrogens is 361 g/mol. The van der Waals surface area contributed by atoms with Crippen LogP contribution in [0, 0.1) is 5.82 Å². The van der Waals surface area contributed by atoms with E-state index in [-0.39, 0.29) is 49.3 Å². The summed E-state index contributed by atoms with van der Waals surface area (Å²) in [6.45, 7) is 0.327. The molecule has 1 aromatic heterocycles. The minimum Gasteiger partial charge on any atom is -0.476 e. The van der Waals surface area contributed by atoms with E-state index in [0.29, 0.717) is 17.1 Å². The highest BCUT2D eigenvalue weighted by atomic mass is 32.1. The molecule has 3 rings (SSSR count). The van der Waals surface area contributed by atoms with Gasteiger partial charge in [-0.1, -0.05) is 0 Å². The van der Waals surface area contributed by atoms with Gasteiger partial charge >= 0.3 is 5.97 Å². The van der Waals surface area contributed by atoms with E-state index in [1.54, 1.807) is 6.07 Å². The number of hydrogen-bond donors (Lipinski definition) is 2. The molecule has 0 spiro atoms. The van der Waals surface area contributed by atoms with Gasteiger partial charge in [0.25, 0.3) is 0 Å². The molecule has 2 N–H and O–H groups in total. The van der Waals surface area contributed by atoms with E-state index < -0.39 is 5.97 Å². The van der Waals surface area contributed by atoms with E-state index in [1.165, 1.54) is 22.4 Å². The lowest BCUT2D eigenvalue weighted by Gasteiger charge is -2.29. The van der Waals surface area contributed by atoms with Gasteiger partial charge in [-0.15, -0.1) is 11.3 Å². The number of aromatic nitrogens is 1. The third kappa shape index (κ3) is 4.05. The fraction of sp³-hybridized carbons (Fsp3) is 0.294. The number of aryl methyl sites for hydroxylation is 1. The Balaban J connectivity index is 1.55. The van der Waals surface area contributed by atoms with Crippen molar-refractivity contribution in [3.05, 3.63) is 45.7 Å². The summed E-state index contributed by atoms with van der Waals surface area (Å²) >= 11 is 1.15. The zero-order valence-electron chi connectivity index (χ0n) is 13.7. The highest BCUT2D eigenvalue weighted by Gasteiger charge is 2.24. The average molecular weight is 377 g/mol. The Hall–Kier alpha value is -2.81. The second-order valence-corrected chi connectivity index (χ2v) is 6.72. The van der Waals surface area contributed by atoms with Crippen LogP contribution in [0.25, 0.3) is 0 Å². The van der Waals surface area contributed by atoms with Gasteiger partial charge in [0.1, 0.15) is 10.8 Å². The van der Waals surface area contributed by atoms with Crippen molar-refractivity contribution in [2.24, 2.45) is 0 Å². The number of benzene rings is 1. The maximum atomic E-state index is 13.3. The second kappa shape index (κ2) is 7.61. The molecule has 26 heavy (non-hydrogen) atoms. The summed E-state index contributed by atoms with van der Waals surface area (Å²) in [6.07, 6.45) is 0.861. The number of carboxylic acids is 1. The molecule has 2 heterocycles. The van der Waals surface area contributed by atoms with Crippen LogP contribution in [0.1, 0.15) is 33.9 Å². The lowest BCUT2D eigenvalue weighted by Crippen LogP contribution is -2.38. The Labute approximate surface area is 152 Å². The highest BCUT2D eigenvalue weighted by Crippen LogP contribution is 2.28. The van der Waals surface area contributed by atoms with E-state index in [2.05, 4.69) is 10.3 Å². The van der Waals surface area contributed by atoms with Crippen LogP contribution >= 0.6 is 11.3 Å². The Morgan fingerprint density at radius 1 is 1.35 bits per heavy atom. The van der Waals surface area contributed by atoms with Crippen molar-refractivity contribution in [1.29, 1.82) is 0 Å². The number of thiazole rings is 1. The third-order valence-corrected chi connectivity index (χ3v) is 4.86. The average Bonchev–Trinajstić information content (AvgIpc) is 3.08. The molecule has 1 aliphatic heterocycles. The summed E-state index contributed by atoms with van der Waals surface area (Å²) < 4.78 is 13.3. The summed E-state index contributed by atoms with van der Waals surface area (Å²) in [7, 11) is 0. The normalized spacial score (nSPS) is 13.4. The van der Waals surface area contributed by atoms with E-state index in [9.17, 15) is 18.8 Å². The van der Waals surface area contributed by atoms with Crippen LogP contribution in [0.4, 0.5) is 10.1 Å². The molecule has 0 saturated carbocycles. The van der Waals surface area contributed by atoms with E-state index in [4.69, 9.17) is 5.11 Å². The van der Waals surface area contributed by atoms with Crippen molar-refractivity contribution in [3.63, 3.8) is 0 Å². The molecule has 2 aromatic rings. The molecule has 0 atom stereocenters. The molecule has 0 unspecified atom stereocenters. The number of rotatable bonds is 6. The van der Waals surface area contributed by atoms with Crippen molar-refractivity contribution >= 4 is 34.8 Å². The van der Waals surface area contributed by atoms with Crippen LogP contribution in [0.5, 0.6) is 0 Å². The summed E-state index contributed by atoms with van der Waals surface area (Å²) in [5, 5.41) is 13.4. The number of halogens is 1. The molecule has 0 fully saturated rings. The fourth-order valence-electron chi connectivity index (χ4n) is 2.74. The zero-order chi connectivity index (χ0) is 18.7. The van der Waals surface area contributed by atoms with Crippen LogP contribution in [-0.2, 0) is 22.6 Å². The molecule has 0 saturated heterocycles. The van der Waals surface area contributed by atoms with Gasteiger partial charge in [0, 0.05) is 30.5 Å². The lowest BCUT2D eigenvalue weighted by molar-refractivity contribution is -0.121. The van der Waals surface area contributed by atoms with Gasteiger partial charge in [-0.2, -0.15) is 0 Å². The first-order valence-corrected chi connectivity index (χ1v) is 8.85. The number of aromatic carboxylic acids is 1. The smallest absolute Gasteiger partial charge is 0.355 e. The number of carbonyl (C=O) groups is 3. The van der Waals surface area contributed by atoms with Gasteiger partial charge in [-0.3, -0.25) is 9.59 Å². The molecule has 0 aliphatic carbocycles. The first kappa shape index (κ1) is 18.0. The molecule has 1 aromatic carbocycles. The van der Waals surface area contributed by atoms with Gasteiger partial charge in [-0.25, -0.2) is 14.2 Å². The summed E-state index contributed by atoms with van der Waals surface area (Å²) in [5.41, 5.74) is 1.34. The monoisotopic (exact) mass is 377 g/mol. The first-order chi connectivity index (χ1) is 12.4. The molecule has 136 valence electrons. The molecule has 7 nitrogen and oxygen atoms in total. The van der Waals surface area contributed by atoms with Crippen LogP contribution in [0.3, 0.4) is 0 Å². The third-order valence-electron chi connectivity index (χ3n) is 4.01. The first-order valence-electron chi connectivity index (χ1n) is 7.97. The number of fused-ring (bicyclic) bond motifs is 1. The number of nitrogens with zero attached hydrogens (tertiary/aromatic N) is 2. The van der Waals surface area contributed by atoms with Gasteiger partial charge in [-0.05, 0) is 30.2 Å². The van der Waals surface area contributed by atoms with Gasteiger partial charge < -0.3 is 15.3 Å². The SMILES string of the molecule is O=C(CCN1C(=O)CCc2cc(F)ccc21)NCc1nc(C(=O)O)cs1. The van der Waals surface area contributed by atoms with Crippen LogP contribution in [-0.4, -0.2) is 34.4 Å². The fourth-order valence-corrected chi connectivity index (χ4v) is 3.45.